The number of nitro benzene ring substituents is 1. The normalized spacial score (nSPS) is 11.3. The van der Waals surface area contributed by atoms with Gasteiger partial charge in [-0.15, -0.1) is 0 Å². The number of sulfonamides is 1. The number of hydrogen-bond acceptors (Lipinski definition) is 5. The van der Waals surface area contributed by atoms with E-state index >= 15 is 0 Å². The maximum absolute atomic E-state index is 11.3. The van der Waals surface area contributed by atoms with Crippen LogP contribution in [0.25, 0.3) is 0 Å². The van der Waals surface area contributed by atoms with Crippen LogP contribution in [0.5, 0.6) is 0 Å². The summed E-state index contributed by atoms with van der Waals surface area (Å²) in [7, 11) is -3.77. The van der Waals surface area contributed by atoms with Crippen molar-refractivity contribution in [1.29, 1.82) is 0 Å². The van der Waals surface area contributed by atoms with E-state index in [1.54, 1.807) is 4.83 Å². The van der Waals surface area contributed by atoms with Gasteiger partial charge in [0.15, 0.2) is 0 Å². The van der Waals surface area contributed by atoms with Crippen LogP contribution in [0.4, 0.5) is 5.69 Å². The zero-order valence-electron chi connectivity index (χ0n) is 7.80. The molecule has 1 aromatic rings. The fourth-order valence-corrected chi connectivity index (χ4v) is 1.97. The van der Waals surface area contributed by atoms with Gasteiger partial charge >= 0.3 is 0 Å². The zero-order valence-corrected chi connectivity index (χ0v) is 8.61. The molecule has 0 aromatic heterocycles. The third kappa shape index (κ3) is 2.29. The molecule has 0 bridgehead atoms. The lowest BCUT2D eigenvalue weighted by Gasteiger charge is -2.05. The first-order valence-corrected chi connectivity index (χ1v) is 5.34. The average molecular weight is 231 g/mol. The lowest BCUT2D eigenvalue weighted by atomic mass is 10.2. The highest BCUT2D eigenvalue weighted by Crippen LogP contribution is 2.20. The lowest BCUT2D eigenvalue weighted by molar-refractivity contribution is -0.385. The molecule has 0 unspecified atom stereocenters. The van der Waals surface area contributed by atoms with E-state index in [4.69, 9.17) is 5.84 Å². The fourth-order valence-electron chi connectivity index (χ4n) is 1.11. The summed E-state index contributed by atoms with van der Waals surface area (Å²) in [5, 5.41) is 10.4. The van der Waals surface area contributed by atoms with Crippen molar-refractivity contribution in [3.63, 3.8) is 0 Å². The largest absolute Gasteiger partial charge is 0.269 e. The Kier molecular flexibility index (Phi) is 3.03. The summed E-state index contributed by atoms with van der Waals surface area (Å²) < 4.78 is 22.6. The second-order valence-electron chi connectivity index (χ2n) is 2.83. The van der Waals surface area contributed by atoms with Crippen LogP contribution in [0.3, 0.4) is 0 Å². The molecular weight excluding hydrogens is 222 g/mol. The van der Waals surface area contributed by atoms with Crippen LogP contribution in [0, 0.1) is 17.0 Å². The summed E-state index contributed by atoms with van der Waals surface area (Å²) in [4.78, 5) is 11.4. The van der Waals surface area contributed by atoms with Gasteiger partial charge in [0.1, 0.15) is 0 Å². The number of rotatable bonds is 3. The molecule has 0 aliphatic rings. The third-order valence-electron chi connectivity index (χ3n) is 1.81. The van der Waals surface area contributed by atoms with Crippen molar-refractivity contribution < 1.29 is 13.3 Å². The van der Waals surface area contributed by atoms with E-state index in [0.29, 0.717) is 0 Å². The predicted molar refractivity (Wildman–Crippen MR) is 52.3 cm³/mol. The number of nitrogens with two attached hydrogens (primary N) is 1. The van der Waals surface area contributed by atoms with Gasteiger partial charge in [0.05, 0.1) is 9.82 Å². The monoisotopic (exact) mass is 231 g/mol. The number of hydrogen-bond donors (Lipinski definition) is 2. The Bertz CT molecular complexity index is 497. The molecule has 15 heavy (non-hydrogen) atoms. The molecule has 8 heteroatoms. The topological polar surface area (TPSA) is 115 Å². The summed E-state index contributed by atoms with van der Waals surface area (Å²) >= 11 is 0. The molecule has 1 rings (SSSR count). The Morgan fingerprint density at radius 3 is 2.47 bits per heavy atom. The second-order valence-corrected chi connectivity index (χ2v) is 4.51. The summed E-state index contributed by atoms with van der Waals surface area (Å²) in [5.41, 5.74) is 0.102. The van der Waals surface area contributed by atoms with Crippen LogP contribution in [-0.2, 0) is 10.0 Å². The molecule has 0 saturated heterocycles. The smallest absolute Gasteiger partial charge is 0.258 e. The number of non-ortho nitro benzene ring substituents is 1. The van der Waals surface area contributed by atoms with Crippen molar-refractivity contribution >= 4 is 15.7 Å². The molecule has 0 aliphatic heterocycles. The molecule has 82 valence electrons. The quantitative estimate of drug-likeness (QED) is 0.433. The molecule has 0 fully saturated rings. The highest BCUT2D eigenvalue weighted by Gasteiger charge is 2.17. The summed E-state index contributed by atoms with van der Waals surface area (Å²) in [6, 6.07) is 3.42. The summed E-state index contributed by atoms with van der Waals surface area (Å²) in [6.45, 7) is 1.46. The van der Waals surface area contributed by atoms with Crippen molar-refractivity contribution in [3.05, 3.63) is 33.9 Å². The highest BCUT2D eigenvalue weighted by molar-refractivity contribution is 7.89. The van der Waals surface area contributed by atoms with Gasteiger partial charge in [0, 0.05) is 12.1 Å². The van der Waals surface area contributed by atoms with Crippen molar-refractivity contribution in [2.45, 2.75) is 11.8 Å². The molecule has 3 N–H and O–H groups in total. The van der Waals surface area contributed by atoms with Crippen molar-refractivity contribution in [2.75, 3.05) is 0 Å². The van der Waals surface area contributed by atoms with Gasteiger partial charge in [-0.25, -0.2) is 8.42 Å². The Labute approximate surface area is 86.1 Å². The number of benzene rings is 1. The Morgan fingerprint density at radius 2 is 2.07 bits per heavy atom. The lowest BCUT2D eigenvalue weighted by Crippen LogP contribution is -2.30. The summed E-state index contributed by atoms with van der Waals surface area (Å²) in [6.07, 6.45) is 0. The van der Waals surface area contributed by atoms with Gasteiger partial charge in [-0.1, -0.05) is 0 Å². The minimum Gasteiger partial charge on any atom is -0.258 e. The van der Waals surface area contributed by atoms with Gasteiger partial charge in [-0.05, 0) is 18.6 Å². The number of nitrogens with one attached hydrogen (secondary N) is 1. The van der Waals surface area contributed by atoms with Crippen molar-refractivity contribution in [2.24, 2.45) is 5.84 Å². The van der Waals surface area contributed by atoms with E-state index in [1.165, 1.54) is 13.0 Å². The first-order chi connectivity index (χ1) is 6.88. The maximum Gasteiger partial charge on any atom is 0.269 e. The van der Waals surface area contributed by atoms with E-state index in [9.17, 15) is 18.5 Å². The average Bonchev–Trinajstić information content (AvgIpc) is 2.17. The van der Waals surface area contributed by atoms with Gasteiger partial charge in [-0.3, -0.25) is 16.0 Å². The van der Waals surface area contributed by atoms with Crippen molar-refractivity contribution in [1.82, 2.24) is 4.83 Å². The van der Waals surface area contributed by atoms with Crippen LogP contribution in [0.1, 0.15) is 5.56 Å². The van der Waals surface area contributed by atoms with Crippen LogP contribution in [0.15, 0.2) is 23.1 Å². The second kappa shape index (κ2) is 3.93. The number of aryl methyl sites for hydroxylation is 1. The van der Waals surface area contributed by atoms with E-state index < -0.39 is 14.9 Å². The number of nitro groups is 1. The Balaban J connectivity index is 3.32. The molecule has 0 atom stereocenters. The minimum absolute atomic E-state index is 0.0735. The van der Waals surface area contributed by atoms with Gasteiger partial charge in [0.25, 0.3) is 15.7 Å². The van der Waals surface area contributed by atoms with E-state index in [2.05, 4.69) is 0 Å². The molecule has 0 spiro atoms. The van der Waals surface area contributed by atoms with Crippen LogP contribution >= 0.6 is 0 Å². The standard InChI is InChI=1S/C7H9N3O4S/c1-5-4-6(10(11)12)2-3-7(5)15(13,14)9-8/h2-4,9H,8H2,1H3. The highest BCUT2D eigenvalue weighted by atomic mass is 32.2. The summed E-state index contributed by atoms with van der Waals surface area (Å²) in [5.74, 6) is 4.83. The first kappa shape index (κ1) is 11.6. The first-order valence-electron chi connectivity index (χ1n) is 3.86. The Morgan fingerprint density at radius 1 is 1.47 bits per heavy atom. The van der Waals surface area contributed by atoms with Crippen LogP contribution < -0.4 is 10.7 Å². The third-order valence-corrected chi connectivity index (χ3v) is 3.16. The molecule has 1 aromatic carbocycles. The van der Waals surface area contributed by atoms with Gasteiger partial charge in [-0.2, -0.15) is 4.83 Å². The maximum atomic E-state index is 11.3. The molecule has 0 radical (unpaired) electrons. The Hall–Kier alpha value is -1.51. The molecular formula is C7H9N3O4S. The predicted octanol–water partition coefficient (Wildman–Crippen LogP) is 0.0552. The molecule has 0 aliphatic carbocycles. The molecule has 0 amide bonds. The van der Waals surface area contributed by atoms with Gasteiger partial charge in [0.2, 0.25) is 0 Å². The molecule has 0 saturated carbocycles. The van der Waals surface area contributed by atoms with Crippen LogP contribution in [0.2, 0.25) is 0 Å². The van der Waals surface area contributed by atoms with Gasteiger partial charge < -0.3 is 0 Å². The van der Waals surface area contributed by atoms with Crippen LogP contribution in [-0.4, -0.2) is 13.3 Å². The zero-order chi connectivity index (χ0) is 11.6. The van der Waals surface area contributed by atoms with Crippen molar-refractivity contribution in [3.8, 4) is 0 Å². The van der Waals surface area contributed by atoms with E-state index in [1.807, 2.05) is 0 Å². The molecule has 7 nitrogen and oxygen atoms in total. The number of hydrazine groups is 1. The SMILES string of the molecule is Cc1cc([N+](=O)[O-])ccc1S(=O)(=O)NN. The van der Waals surface area contributed by atoms with E-state index in [-0.39, 0.29) is 16.1 Å². The molecule has 0 heterocycles. The fraction of sp³-hybridized carbons (Fsp3) is 0.143. The van der Waals surface area contributed by atoms with E-state index in [0.717, 1.165) is 12.1 Å². The number of nitrogens with zero attached hydrogens (tertiary/aromatic N) is 1. The minimum atomic E-state index is -3.77.